The first kappa shape index (κ1) is 77.5. The molecule has 0 radical (unpaired) electrons. The van der Waals surface area contributed by atoms with Crippen molar-refractivity contribution < 1.29 is 66.7 Å². The summed E-state index contributed by atoms with van der Waals surface area (Å²) in [5.41, 5.74) is 9.60. The summed E-state index contributed by atoms with van der Waals surface area (Å²) in [6.07, 6.45) is 21.5. The Hall–Kier alpha value is -7.22. The normalized spacial score (nSPS) is 12.1. The van der Waals surface area contributed by atoms with Crippen LogP contribution in [-0.2, 0) is 99.1 Å². The fourth-order valence-corrected chi connectivity index (χ4v) is 11.5. The van der Waals surface area contributed by atoms with E-state index in [0.29, 0.717) is 48.7 Å². The van der Waals surface area contributed by atoms with Crippen LogP contribution in [0.3, 0.4) is 0 Å². The van der Waals surface area contributed by atoms with Gasteiger partial charge in [-0.05, 0) is 174 Å². The Morgan fingerprint density at radius 1 is 0.330 bits per heavy atom. The number of aryl methyl sites for hydroxylation is 4. The number of ketones is 2. The summed E-state index contributed by atoms with van der Waals surface area (Å²) in [5, 5.41) is 0. The molecule has 0 heterocycles. The smallest absolute Gasteiger partial charge is 0.333 e. The third kappa shape index (κ3) is 24.2. The minimum Gasteiger partial charge on any atom is -0.489 e. The number of rotatable bonds is 42. The van der Waals surface area contributed by atoms with Gasteiger partial charge in [0.05, 0.1) is 0 Å². The molecule has 516 valence electrons. The van der Waals surface area contributed by atoms with Crippen molar-refractivity contribution in [3.63, 3.8) is 0 Å². The van der Waals surface area contributed by atoms with Crippen LogP contribution >= 0.6 is 0 Å². The van der Waals surface area contributed by atoms with E-state index in [1.807, 2.05) is 0 Å². The maximum atomic E-state index is 13.5. The van der Waals surface area contributed by atoms with Gasteiger partial charge in [0.25, 0.3) is 0 Å². The summed E-state index contributed by atoms with van der Waals surface area (Å²) in [6.45, 7) is 28.5. The van der Waals surface area contributed by atoms with Crippen LogP contribution < -0.4 is 18.9 Å². The van der Waals surface area contributed by atoms with Gasteiger partial charge in [-0.15, -0.1) is 0 Å². The van der Waals surface area contributed by atoms with Crippen LogP contribution in [-0.4, -0.2) is 88.3 Å². The molecule has 4 aromatic carbocycles. The Bertz CT molecular complexity index is 2990. The number of hydrogen-bond acceptors (Lipinski definition) is 14. The Balaban J connectivity index is 1.96. The summed E-state index contributed by atoms with van der Waals surface area (Å²) in [5.74, 6) is -0.378. The molecule has 0 spiro atoms. The summed E-state index contributed by atoms with van der Waals surface area (Å²) >= 11 is 0. The van der Waals surface area contributed by atoms with Crippen LogP contribution in [0.2, 0.25) is 0 Å². The van der Waals surface area contributed by atoms with Gasteiger partial charge in [0.1, 0.15) is 98.2 Å². The molecule has 0 saturated carbocycles. The van der Waals surface area contributed by atoms with Crippen LogP contribution in [0.5, 0.6) is 23.0 Å². The van der Waals surface area contributed by atoms with Crippen molar-refractivity contribution >= 4 is 35.4 Å². The quantitative estimate of drug-likeness (QED) is 0.0119. The van der Waals surface area contributed by atoms with Gasteiger partial charge in [-0.2, -0.15) is 0 Å². The number of Topliss-reactive ketones (excluding diaryl/α,β-unsaturated/α-hetero) is 2. The minimum atomic E-state index is -1.35. The molecular weight excluding hydrogens is 1180 g/mol. The van der Waals surface area contributed by atoms with E-state index in [2.05, 4.69) is 89.4 Å². The fraction of sp³-hybridized carbons (Fsp3) is 0.575. The SMILES string of the molecule is C=C(C)C(=O)OCCOc1c2cc(CCCCCC)cc1Cc1cc(CCCCCC)cc(c1OCCOC(=O)C(C)(C)C(C)=O)Cc1cc(CCCCCC)cc(c1OCCOC(=O)C(C)(C)C(C)=O)Cc1cc(CCCCCC)cc(c1OCCOC(=O)C(=C)C)C2. The Morgan fingerprint density at radius 3 is 0.734 bits per heavy atom. The number of fused-ring (bicyclic) bond motifs is 8. The molecular formula is C80H112O14. The third-order valence-electron chi connectivity index (χ3n) is 17.7. The van der Waals surface area contributed by atoms with E-state index in [9.17, 15) is 28.8 Å². The van der Waals surface area contributed by atoms with Gasteiger partial charge in [-0.1, -0.05) is 166 Å². The molecule has 14 heteroatoms. The van der Waals surface area contributed by atoms with Gasteiger partial charge < -0.3 is 37.9 Å². The average molecular weight is 1300 g/mol. The van der Waals surface area contributed by atoms with Gasteiger partial charge in [0.15, 0.2) is 0 Å². The highest BCUT2D eigenvalue weighted by molar-refractivity contribution is 6.02. The summed E-state index contributed by atoms with van der Waals surface area (Å²) in [4.78, 5) is 78.0. The monoisotopic (exact) mass is 1300 g/mol. The number of ether oxygens (including phenoxy) is 8. The highest BCUT2D eigenvalue weighted by atomic mass is 16.6. The highest BCUT2D eigenvalue weighted by Gasteiger charge is 2.36. The van der Waals surface area contributed by atoms with Crippen LogP contribution in [0.25, 0.3) is 0 Å². The van der Waals surface area contributed by atoms with Gasteiger partial charge in [0, 0.05) is 36.8 Å². The lowest BCUT2D eigenvalue weighted by Gasteiger charge is -2.25. The molecule has 0 amide bonds. The van der Waals surface area contributed by atoms with Gasteiger partial charge in [-0.3, -0.25) is 19.2 Å². The van der Waals surface area contributed by atoms with Crippen molar-refractivity contribution in [2.75, 3.05) is 52.9 Å². The minimum absolute atomic E-state index is 0.0195. The van der Waals surface area contributed by atoms with Crippen molar-refractivity contribution in [1.29, 1.82) is 0 Å². The molecule has 0 aromatic heterocycles. The zero-order valence-corrected chi connectivity index (χ0v) is 59.4. The van der Waals surface area contributed by atoms with Crippen molar-refractivity contribution in [2.24, 2.45) is 10.8 Å². The molecule has 1 aliphatic carbocycles. The van der Waals surface area contributed by atoms with Gasteiger partial charge in [0.2, 0.25) is 0 Å². The second-order valence-electron chi connectivity index (χ2n) is 26.8. The first-order valence-corrected chi connectivity index (χ1v) is 35.1. The molecule has 1 aliphatic rings. The summed E-state index contributed by atoms with van der Waals surface area (Å²) < 4.78 is 51.2. The van der Waals surface area contributed by atoms with Crippen LogP contribution in [0.1, 0.15) is 253 Å². The first-order valence-electron chi connectivity index (χ1n) is 35.1. The highest BCUT2D eigenvalue weighted by Crippen LogP contribution is 2.42. The van der Waals surface area contributed by atoms with E-state index in [1.165, 1.54) is 13.8 Å². The van der Waals surface area contributed by atoms with Gasteiger partial charge in [-0.25, -0.2) is 9.59 Å². The predicted molar refractivity (Wildman–Crippen MR) is 373 cm³/mol. The zero-order chi connectivity index (χ0) is 68.8. The van der Waals surface area contributed by atoms with Crippen molar-refractivity contribution in [3.8, 4) is 23.0 Å². The molecule has 0 fully saturated rings. The number of carbonyl (C=O) groups excluding carboxylic acids is 6. The van der Waals surface area contributed by atoms with Crippen LogP contribution in [0.15, 0.2) is 72.8 Å². The second-order valence-corrected chi connectivity index (χ2v) is 26.8. The van der Waals surface area contributed by atoms with E-state index < -0.39 is 34.7 Å². The second kappa shape index (κ2) is 39.6. The topological polar surface area (TPSA) is 176 Å². The standard InChI is InChI=1S/C80H112O14/c1-15-19-23-27-31-59-43-63-51-64-44-60(32-28-24-20-16-2)46-66(72(64)88-36-40-92-76(84)56(7)8)53-68-48-62(34-30-26-22-18-4)50-70(74(68)90-38-42-94-78(86)80(13,14)58(10)82)54-69-49-61(33-29-25-21-17-3)47-67(73(69)89-37-41-93-77(85)79(11,12)57(9)81)52-65(45-59)71(63)87-35-39-91-75(83)55(5)6/h43-50H,5,7,15-42,51-54H2,1-4,6,8-14H3. The number of esters is 4. The Kier molecular flexibility index (Phi) is 32.6. The maximum Gasteiger partial charge on any atom is 0.333 e. The molecule has 0 unspecified atom stereocenters. The first-order chi connectivity index (χ1) is 44.9. The van der Waals surface area contributed by atoms with E-state index >= 15 is 0 Å². The molecule has 0 saturated heterocycles. The lowest BCUT2D eigenvalue weighted by Crippen LogP contribution is -2.34. The molecule has 94 heavy (non-hydrogen) atoms. The largest absolute Gasteiger partial charge is 0.489 e. The van der Waals surface area contributed by atoms with Crippen molar-refractivity contribution in [2.45, 2.75) is 237 Å². The lowest BCUT2D eigenvalue weighted by atomic mass is 9.87. The zero-order valence-electron chi connectivity index (χ0n) is 59.4. The third-order valence-corrected chi connectivity index (χ3v) is 17.7. The van der Waals surface area contributed by atoms with Crippen LogP contribution in [0, 0.1) is 10.8 Å². The average Bonchev–Trinajstić information content (AvgIpc) is 0.787. The Morgan fingerprint density at radius 2 is 0.543 bits per heavy atom. The Labute approximate surface area is 563 Å². The number of unbranched alkanes of at least 4 members (excludes halogenated alkanes) is 12. The fourth-order valence-electron chi connectivity index (χ4n) is 11.5. The van der Waals surface area contributed by atoms with E-state index in [4.69, 9.17) is 37.9 Å². The lowest BCUT2D eigenvalue weighted by molar-refractivity contribution is -0.159. The predicted octanol–water partition coefficient (Wildman–Crippen LogP) is 16.9. The molecule has 0 atom stereocenters. The number of hydrogen-bond donors (Lipinski definition) is 0. The summed E-state index contributed by atoms with van der Waals surface area (Å²) in [6, 6.07) is 18.0. The number of carbonyl (C=O) groups is 6. The molecule has 4 aromatic rings. The molecule has 0 N–H and O–H groups in total. The van der Waals surface area contributed by atoms with Crippen molar-refractivity contribution in [3.05, 3.63) is 140 Å². The molecule has 5 rings (SSSR count). The van der Waals surface area contributed by atoms with Crippen molar-refractivity contribution in [1.82, 2.24) is 0 Å². The van der Waals surface area contributed by atoms with E-state index in [0.717, 1.165) is 195 Å². The number of benzene rings is 4. The molecule has 8 bridgehead atoms. The summed E-state index contributed by atoms with van der Waals surface area (Å²) in [7, 11) is 0. The van der Waals surface area contributed by atoms with Gasteiger partial charge >= 0.3 is 23.9 Å². The van der Waals surface area contributed by atoms with E-state index in [1.54, 1.807) is 41.5 Å². The molecule has 0 aliphatic heterocycles. The van der Waals surface area contributed by atoms with Crippen LogP contribution in [0.4, 0.5) is 0 Å². The van der Waals surface area contributed by atoms with E-state index in [-0.39, 0.29) is 75.6 Å². The maximum absolute atomic E-state index is 13.5. The molecule has 14 nitrogen and oxygen atoms in total.